The number of carbonyl (C=O) groups is 1. The predicted octanol–water partition coefficient (Wildman–Crippen LogP) is 0.290. The van der Waals surface area contributed by atoms with Gasteiger partial charge in [0.1, 0.15) is 18.1 Å². The minimum atomic E-state index is -0.946. The summed E-state index contributed by atoms with van der Waals surface area (Å²) in [4.78, 5) is 11.8. The maximum atomic E-state index is 11.8. The van der Waals surface area contributed by atoms with Crippen LogP contribution in [0.4, 0.5) is 4.79 Å². The van der Waals surface area contributed by atoms with Crippen molar-refractivity contribution >= 4 is 6.09 Å². The van der Waals surface area contributed by atoms with Crippen LogP contribution in [-0.2, 0) is 4.74 Å². The minimum absolute atomic E-state index is 0.0725. The first-order valence-corrected chi connectivity index (χ1v) is 6.35. The molecule has 0 aromatic carbocycles. The number of aliphatic hydroxyl groups is 2. The van der Waals surface area contributed by atoms with Crippen molar-refractivity contribution < 1.29 is 19.7 Å². The lowest BCUT2D eigenvalue weighted by Crippen LogP contribution is -2.65. The molecule has 2 aliphatic rings. The van der Waals surface area contributed by atoms with Crippen LogP contribution in [0, 0.1) is 5.92 Å². The Bertz CT molecular complexity index is 341. The number of rotatable bonds is 1. The molecule has 18 heavy (non-hydrogen) atoms. The number of nitrogens with one attached hydrogen (secondary N) is 2. The molecule has 4 atom stereocenters. The lowest BCUT2D eigenvalue weighted by atomic mass is 9.89. The van der Waals surface area contributed by atoms with E-state index >= 15 is 0 Å². The SMILES string of the molecule is CC(C)(C)OC(=O)NC12CCC(C1)C(O)NC2O. The van der Waals surface area contributed by atoms with Crippen molar-refractivity contribution in [1.82, 2.24) is 10.6 Å². The van der Waals surface area contributed by atoms with Gasteiger partial charge in [-0.1, -0.05) is 0 Å². The van der Waals surface area contributed by atoms with Crippen LogP contribution < -0.4 is 10.6 Å². The molecule has 1 saturated carbocycles. The van der Waals surface area contributed by atoms with Crippen LogP contribution in [0.5, 0.6) is 0 Å². The van der Waals surface area contributed by atoms with Crippen LogP contribution in [0.2, 0.25) is 0 Å². The van der Waals surface area contributed by atoms with Gasteiger partial charge in [0.05, 0.1) is 5.54 Å². The highest BCUT2D eigenvalue weighted by Crippen LogP contribution is 2.41. The van der Waals surface area contributed by atoms with Crippen LogP contribution in [0.3, 0.4) is 0 Å². The van der Waals surface area contributed by atoms with Gasteiger partial charge in [-0.3, -0.25) is 5.32 Å². The molecule has 4 unspecified atom stereocenters. The summed E-state index contributed by atoms with van der Waals surface area (Å²) in [5.74, 6) is 0.0725. The summed E-state index contributed by atoms with van der Waals surface area (Å²) in [6.07, 6.45) is -0.180. The van der Waals surface area contributed by atoms with E-state index in [1.165, 1.54) is 0 Å². The highest BCUT2D eigenvalue weighted by atomic mass is 16.6. The third kappa shape index (κ3) is 2.60. The van der Waals surface area contributed by atoms with Gasteiger partial charge in [-0.2, -0.15) is 0 Å². The van der Waals surface area contributed by atoms with E-state index in [1.807, 2.05) is 0 Å². The second-order valence-corrected chi connectivity index (χ2v) is 6.30. The maximum absolute atomic E-state index is 11.8. The first kappa shape index (κ1) is 13.6. The van der Waals surface area contributed by atoms with E-state index in [-0.39, 0.29) is 5.92 Å². The molecule has 1 aliphatic heterocycles. The fraction of sp³-hybridized carbons (Fsp3) is 0.917. The normalized spacial score (nSPS) is 39.5. The van der Waals surface area contributed by atoms with Crippen LogP contribution in [0.25, 0.3) is 0 Å². The van der Waals surface area contributed by atoms with E-state index in [1.54, 1.807) is 20.8 Å². The number of carbonyl (C=O) groups excluding carboxylic acids is 1. The van der Waals surface area contributed by atoms with E-state index in [0.29, 0.717) is 12.8 Å². The molecule has 0 radical (unpaired) electrons. The van der Waals surface area contributed by atoms with Gasteiger partial charge in [0, 0.05) is 5.92 Å². The Kier molecular flexibility index (Phi) is 3.29. The molecule has 0 aromatic heterocycles. The Hall–Kier alpha value is -0.850. The number of ether oxygens (including phenoxy) is 1. The molecule has 1 amide bonds. The standard InChI is InChI=1S/C12H22N2O4/c1-11(2,3)18-10(17)14-12-5-4-7(6-12)8(15)13-9(12)16/h7-9,13,15-16H,4-6H2,1-3H3,(H,14,17). The van der Waals surface area contributed by atoms with E-state index in [9.17, 15) is 15.0 Å². The van der Waals surface area contributed by atoms with Crippen molar-refractivity contribution in [1.29, 1.82) is 0 Å². The van der Waals surface area contributed by atoms with Gasteiger partial charge < -0.3 is 20.3 Å². The maximum Gasteiger partial charge on any atom is 0.408 e. The van der Waals surface area contributed by atoms with Gasteiger partial charge in [-0.05, 0) is 40.0 Å². The summed E-state index contributed by atoms with van der Waals surface area (Å²) < 4.78 is 5.21. The lowest BCUT2D eigenvalue weighted by molar-refractivity contribution is -0.0637. The third-order valence-electron chi connectivity index (χ3n) is 3.64. The fourth-order valence-electron chi connectivity index (χ4n) is 2.78. The van der Waals surface area contributed by atoms with Gasteiger partial charge in [-0.15, -0.1) is 0 Å². The van der Waals surface area contributed by atoms with Crippen LogP contribution in [-0.4, -0.2) is 39.9 Å². The molecule has 0 aromatic rings. The molecule has 4 N–H and O–H groups in total. The number of hydrogen-bond donors (Lipinski definition) is 4. The quantitative estimate of drug-likeness (QED) is 0.543. The van der Waals surface area contributed by atoms with E-state index in [4.69, 9.17) is 4.74 Å². The summed E-state index contributed by atoms with van der Waals surface area (Å²) in [6.45, 7) is 5.38. The zero-order valence-electron chi connectivity index (χ0n) is 11.1. The highest BCUT2D eigenvalue weighted by molar-refractivity contribution is 5.69. The van der Waals surface area contributed by atoms with Gasteiger partial charge in [0.2, 0.25) is 0 Å². The summed E-state index contributed by atoms with van der Waals surface area (Å²) in [6, 6.07) is 0. The molecule has 6 nitrogen and oxygen atoms in total. The van der Waals surface area contributed by atoms with Gasteiger partial charge in [0.15, 0.2) is 0 Å². The zero-order valence-corrected chi connectivity index (χ0v) is 11.1. The average Bonchev–Trinajstić information content (AvgIpc) is 2.55. The molecule has 6 heteroatoms. The van der Waals surface area contributed by atoms with Crippen LogP contribution >= 0.6 is 0 Å². The van der Waals surface area contributed by atoms with Crippen molar-refractivity contribution in [2.24, 2.45) is 5.92 Å². The second kappa shape index (κ2) is 4.36. The smallest absolute Gasteiger partial charge is 0.408 e. The number of fused-ring (bicyclic) bond motifs is 2. The van der Waals surface area contributed by atoms with Gasteiger partial charge >= 0.3 is 6.09 Å². The molecular weight excluding hydrogens is 236 g/mol. The molecule has 0 spiro atoms. The minimum Gasteiger partial charge on any atom is -0.444 e. The Morgan fingerprint density at radius 3 is 2.72 bits per heavy atom. The lowest BCUT2D eigenvalue weighted by Gasteiger charge is -2.41. The molecule has 2 rings (SSSR count). The summed E-state index contributed by atoms with van der Waals surface area (Å²) >= 11 is 0. The van der Waals surface area contributed by atoms with Gasteiger partial charge in [0.25, 0.3) is 0 Å². The van der Waals surface area contributed by atoms with Crippen molar-refractivity contribution in [3.63, 3.8) is 0 Å². The van der Waals surface area contributed by atoms with Crippen LogP contribution in [0.1, 0.15) is 40.0 Å². The van der Waals surface area contributed by atoms with Crippen molar-refractivity contribution in [2.45, 2.75) is 63.6 Å². The summed E-state index contributed by atoms with van der Waals surface area (Å²) in [7, 11) is 0. The Morgan fingerprint density at radius 1 is 1.44 bits per heavy atom. The predicted molar refractivity (Wildman–Crippen MR) is 64.6 cm³/mol. The van der Waals surface area contributed by atoms with Crippen molar-refractivity contribution in [3.05, 3.63) is 0 Å². The number of alkyl carbamates (subject to hydrolysis) is 1. The number of aliphatic hydroxyl groups excluding tert-OH is 2. The Morgan fingerprint density at radius 2 is 2.11 bits per heavy atom. The fourth-order valence-corrected chi connectivity index (χ4v) is 2.78. The second-order valence-electron chi connectivity index (χ2n) is 6.30. The van der Waals surface area contributed by atoms with Crippen molar-refractivity contribution in [2.75, 3.05) is 0 Å². The van der Waals surface area contributed by atoms with Crippen molar-refractivity contribution in [3.8, 4) is 0 Å². The molecule has 1 aliphatic carbocycles. The number of amides is 1. The first-order chi connectivity index (χ1) is 8.22. The van der Waals surface area contributed by atoms with E-state index in [0.717, 1.165) is 6.42 Å². The topological polar surface area (TPSA) is 90.8 Å². The molecule has 1 heterocycles. The largest absolute Gasteiger partial charge is 0.444 e. The zero-order chi connectivity index (χ0) is 13.6. The van der Waals surface area contributed by atoms with Gasteiger partial charge in [-0.25, -0.2) is 4.79 Å². The summed E-state index contributed by atoms with van der Waals surface area (Å²) in [5, 5.41) is 25.2. The first-order valence-electron chi connectivity index (χ1n) is 6.35. The Balaban J connectivity index is 2.02. The monoisotopic (exact) mass is 258 g/mol. The number of piperidine rings is 1. The van der Waals surface area contributed by atoms with E-state index < -0.39 is 29.7 Å². The molecule has 2 fully saturated rings. The molecule has 1 saturated heterocycles. The Labute approximate surface area is 107 Å². The summed E-state index contributed by atoms with van der Waals surface area (Å²) in [5.41, 5.74) is -1.28. The molecule has 104 valence electrons. The number of hydrogen-bond acceptors (Lipinski definition) is 5. The third-order valence-corrected chi connectivity index (χ3v) is 3.64. The molecule has 2 bridgehead atoms. The van der Waals surface area contributed by atoms with E-state index in [2.05, 4.69) is 10.6 Å². The molecular formula is C12H22N2O4. The van der Waals surface area contributed by atoms with Crippen LogP contribution in [0.15, 0.2) is 0 Å². The highest BCUT2D eigenvalue weighted by Gasteiger charge is 2.52. The average molecular weight is 258 g/mol.